The molecule has 0 saturated carbocycles. The molecule has 0 radical (unpaired) electrons. The molecule has 25 heteroatoms. The van der Waals surface area contributed by atoms with Crippen molar-refractivity contribution in [2.45, 2.75) is 99.5 Å². The quantitative estimate of drug-likeness (QED) is 0.0668. The Morgan fingerprint density at radius 2 is 0.771 bits per heavy atom. The molecule has 0 saturated heterocycles. The first-order valence-electron chi connectivity index (χ1n) is 13.0. The molecule has 0 bridgehead atoms. The molecule has 13 unspecified atom stereocenters. The van der Waals surface area contributed by atoms with Gasteiger partial charge in [0.15, 0.2) is 67.9 Å². The zero-order valence-electron chi connectivity index (χ0n) is 24.7. The second kappa shape index (κ2) is 26.3. The minimum Gasteiger partial charge on any atom is -0.344 e. The summed E-state index contributed by atoms with van der Waals surface area (Å²) >= 11 is 0. The summed E-state index contributed by atoms with van der Waals surface area (Å²) < 4.78 is 251. The third-order valence-corrected chi connectivity index (χ3v) is 6.90. The topological polar surface area (TPSA) is 170 Å². The highest BCUT2D eigenvalue weighted by Gasteiger charge is 2.46. The first-order valence-corrected chi connectivity index (χ1v) is 16.2. The monoisotopic (exact) mass is 788 g/mol. The fourth-order valence-electron chi connectivity index (χ4n) is 2.96. The van der Waals surface area contributed by atoms with Gasteiger partial charge in [-0.05, 0) is 12.8 Å². The highest BCUT2D eigenvalue weighted by Crippen LogP contribution is 2.28. The molecule has 0 aliphatic heterocycles. The van der Waals surface area contributed by atoms with Gasteiger partial charge in [0.1, 0.15) is 23.8 Å². The van der Waals surface area contributed by atoms with Gasteiger partial charge in [0, 0.05) is 13.0 Å². The molecule has 0 spiro atoms. The van der Waals surface area contributed by atoms with Gasteiger partial charge in [0.2, 0.25) is 0 Å². The van der Waals surface area contributed by atoms with Gasteiger partial charge in [0.25, 0.3) is 20.2 Å². The lowest BCUT2D eigenvalue weighted by Gasteiger charge is -2.25. The zero-order valence-corrected chi connectivity index (χ0v) is 26.4. The molecule has 0 rings (SSSR count). The van der Waals surface area contributed by atoms with Crippen LogP contribution in [0.3, 0.4) is 0 Å². The van der Waals surface area contributed by atoms with E-state index in [0.29, 0.717) is 6.54 Å². The van der Waals surface area contributed by atoms with Crippen molar-refractivity contribution >= 4 is 20.2 Å². The number of hydrogen-bond donors (Lipinski definition) is 4. The lowest BCUT2D eigenvalue weighted by Crippen LogP contribution is -2.46. The van der Waals surface area contributed by atoms with E-state index >= 15 is 0 Å². The molecule has 294 valence electrons. The van der Waals surface area contributed by atoms with Crippen LogP contribution in [0.15, 0.2) is 12.7 Å². The third-order valence-electron chi connectivity index (χ3n) is 5.42. The lowest BCUT2D eigenvalue weighted by molar-refractivity contribution is -0.0340. The molecule has 0 aliphatic carbocycles. The molecule has 0 fully saturated rings. The van der Waals surface area contributed by atoms with E-state index in [1.807, 2.05) is 0 Å². The Morgan fingerprint density at radius 1 is 0.521 bits per heavy atom. The first kappa shape index (κ1) is 53.2. The summed E-state index contributed by atoms with van der Waals surface area (Å²) in [5.41, 5.74) is 4.91. The van der Waals surface area contributed by atoms with E-state index in [-0.39, 0.29) is 6.15 Å². The Labute approximate surface area is 267 Å². The van der Waals surface area contributed by atoms with Crippen molar-refractivity contribution in [1.29, 1.82) is 0 Å². The van der Waals surface area contributed by atoms with Gasteiger partial charge in [-0.1, -0.05) is 6.08 Å². The molecule has 0 aromatic carbocycles. The first-order chi connectivity index (χ1) is 21.3. The number of nitrogens with two attached hydrogens (primary N) is 1. The SMILES string of the molecule is C=CCN.N.O=S(=O)(O)CC(F)C(F)C(F)C(F)C(F)C(F)C(F)CCF.O=S(=O)(O)CC(F)C(F)C(F)C(F)C(F)C(F)CCCF. The maximum absolute atomic E-state index is 13.2. The largest absolute Gasteiger partial charge is 0.344 e. The molecule has 0 aromatic heterocycles. The van der Waals surface area contributed by atoms with E-state index in [0.717, 1.165) is 0 Å². The summed E-state index contributed by atoms with van der Waals surface area (Å²) in [7, 11) is -10.0. The van der Waals surface area contributed by atoms with Gasteiger partial charge in [-0.3, -0.25) is 17.9 Å². The molecule has 7 N–H and O–H groups in total. The summed E-state index contributed by atoms with van der Waals surface area (Å²) in [5, 5.41) is 0. The summed E-state index contributed by atoms with van der Waals surface area (Å²) in [6.07, 6.45) is -43.7. The van der Waals surface area contributed by atoms with E-state index in [9.17, 15) is 82.7 Å². The highest BCUT2D eigenvalue weighted by molar-refractivity contribution is 7.86. The zero-order chi connectivity index (χ0) is 37.9. The van der Waals surface area contributed by atoms with Crippen molar-refractivity contribution < 1.29 is 91.8 Å². The number of alkyl halides is 15. The molecule has 13 atom stereocenters. The van der Waals surface area contributed by atoms with E-state index in [1.165, 1.54) is 0 Å². The van der Waals surface area contributed by atoms with E-state index in [4.69, 9.17) is 14.8 Å². The second-order valence-electron chi connectivity index (χ2n) is 9.39. The molecule has 0 heterocycles. The van der Waals surface area contributed by atoms with E-state index in [2.05, 4.69) is 6.58 Å². The molecule has 0 aromatic rings. The predicted octanol–water partition coefficient (Wildman–Crippen LogP) is 5.55. The molecule has 0 aliphatic rings. The summed E-state index contributed by atoms with van der Waals surface area (Å²) in [5.74, 6) is -3.77. The second-order valence-corrected chi connectivity index (χ2v) is 12.4. The van der Waals surface area contributed by atoms with Crippen molar-refractivity contribution in [3.8, 4) is 0 Å². The van der Waals surface area contributed by atoms with Crippen LogP contribution in [0.4, 0.5) is 65.9 Å². The van der Waals surface area contributed by atoms with Crippen LogP contribution in [0.5, 0.6) is 0 Å². The molecule has 48 heavy (non-hydrogen) atoms. The van der Waals surface area contributed by atoms with Crippen LogP contribution >= 0.6 is 0 Å². The van der Waals surface area contributed by atoms with Gasteiger partial charge in [0.05, 0.1) is 13.3 Å². The van der Waals surface area contributed by atoms with Gasteiger partial charge < -0.3 is 11.9 Å². The highest BCUT2D eigenvalue weighted by atomic mass is 32.2. The smallest absolute Gasteiger partial charge is 0.267 e. The van der Waals surface area contributed by atoms with Crippen molar-refractivity contribution in [2.24, 2.45) is 5.73 Å². The van der Waals surface area contributed by atoms with E-state index in [1.54, 1.807) is 6.08 Å². The van der Waals surface area contributed by atoms with Crippen LogP contribution in [0.1, 0.15) is 19.3 Å². The van der Waals surface area contributed by atoms with Crippen LogP contribution in [-0.4, -0.2) is 138 Å². The summed E-state index contributed by atoms with van der Waals surface area (Å²) in [6.45, 7) is 1.51. The predicted molar refractivity (Wildman–Crippen MR) is 147 cm³/mol. The fourth-order valence-corrected chi connectivity index (χ4v) is 4.13. The van der Waals surface area contributed by atoms with Gasteiger partial charge in [-0.15, -0.1) is 6.58 Å². The fraction of sp³-hybridized carbons (Fsp3) is 0.913. The third kappa shape index (κ3) is 22.9. The Morgan fingerprint density at radius 3 is 1.00 bits per heavy atom. The Hall–Kier alpha value is -1.57. The Balaban J connectivity index is -0.000000356. The van der Waals surface area contributed by atoms with Crippen LogP contribution in [0, 0.1) is 0 Å². The number of rotatable bonds is 21. The van der Waals surface area contributed by atoms with Gasteiger partial charge in [-0.25, -0.2) is 57.1 Å². The minimum absolute atomic E-state index is 0. The average Bonchev–Trinajstić information content (AvgIpc) is 2.98. The Kier molecular flexibility index (Phi) is 29.1. The summed E-state index contributed by atoms with van der Waals surface area (Å²) in [6, 6.07) is 0. The average molecular weight is 789 g/mol. The maximum Gasteiger partial charge on any atom is 0.267 e. The summed E-state index contributed by atoms with van der Waals surface area (Å²) in [4.78, 5) is 0. The van der Waals surface area contributed by atoms with Crippen molar-refractivity contribution in [3.05, 3.63) is 12.7 Å². The van der Waals surface area contributed by atoms with Crippen LogP contribution < -0.4 is 11.9 Å². The normalized spacial score (nSPS) is 20.1. The van der Waals surface area contributed by atoms with Crippen LogP contribution in [0.25, 0.3) is 0 Å². The molecular weight excluding hydrogens is 749 g/mol. The maximum atomic E-state index is 13.2. The van der Waals surface area contributed by atoms with Crippen molar-refractivity contribution in [2.75, 3.05) is 31.4 Å². The number of halogens is 15. The van der Waals surface area contributed by atoms with Crippen LogP contribution in [-0.2, 0) is 20.2 Å². The molecular formula is C23H39F15N2O6S2. The molecule has 0 amide bonds. The van der Waals surface area contributed by atoms with E-state index < -0.39 is 145 Å². The minimum atomic E-state index is -5.06. The molecule has 8 nitrogen and oxygen atoms in total. The standard InChI is InChI=1S/C10H14F8O3S.C10H15F7O3S.C3H7N.H3N/c11-2-1-4(12)6(14)8(16)10(18)9(17)7(15)5(13)3-22(19,20)21;11-3-1-2-5(12)7(14)9(16)10(17)8(15)6(13)4-21(18,19)20;1-2-3-4;/h4-10H,1-3H2,(H,19,20,21);5-10H,1-4H2,(H,18,19,20);2H,1,3-4H2;1H3. The Bertz CT molecular complexity index is 1040. The van der Waals surface area contributed by atoms with Crippen molar-refractivity contribution in [3.63, 3.8) is 0 Å². The van der Waals surface area contributed by atoms with Gasteiger partial charge in [-0.2, -0.15) is 16.8 Å². The lowest BCUT2D eigenvalue weighted by atomic mass is 9.99. The van der Waals surface area contributed by atoms with Gasteiger partial charge >= 0.3 is 0 Å². The van der Waals surface area contributed by atoms with Crippen molar-refractivity contribution in [1.82, 2.24) is 6.15 Å². The number of hydrogen-bond acceptors (Lipinski definition) is 6. The van der Waals surface area contributed by atoms with Crippen LogP contribution in [0.2, 0.25) is 0 Å².